The van der Waals surface area contributed by atoms with Crippen molar-refractivity contribution in [2.45, 2.75) is 12.3 Å². The molecule has 1 heterocycles. The minimum atomic E-state index is -0.669. The molecule has 0 saturated heterocycles. The van der Waals surface area contributed by atoms with Gasteiger partial charge in [0.2, 0.25) is 0 Å². The molecule has 0 radical (unpaired) electrons. The molecule has 8 heteroatoms. The number of hydrogen-bond donors (Lipinski definition) is 1. The van der Waals surface area contributed by atoms with E-state index in [1.54, 1.807) is 36.0 Å². The summed E-state index contributed by atoms with van der Waals surface area (Å²) in [6, 6.07) is 17.0. The lowest BCUT2D eigenvalue weighted by Crippen LogP contribution is -2.32. The second kappa shape index (κ2) is 10.4. The van der Waals surface area contributed by atoms with Crippen molar-refractivity contribution in [1.29, 1.82) is 0 Å². The molecule has 0 saturated carbocycles. The van der Waals surface area contributed by atoms with E-state index in [1.807, 2.05) is 18.2 Å². The van der Waals surface area contributed by atoms with Crippen molar-refractivity contribution in [3.63, 3.8) is 0 Å². The van der Waals surface area contributed by atoms with E-state index < -0.39 is 5.97 Å². The number of para-hydroxylation sites is 1. The van der Waals surface area contributed by atoms with Gasteiger partial charge < -0.3 is 10.1 Å². The molecule has 0 spiro atoms. The Balaban J connectivity index is 1.36. The van der Waals surface area contributed by atoms with Gasteiger partial charge in [-0.2, -0.15) is 11.8 Å². The highest BCUT2D eigenvalue weighted by Crippen LogP contribution is 2.10. The Kier molecular flexibility index (Phi) is 7.40. The van der Waals surface area contributed by atoms with Crippen LogP contribution >= 0.6 is 11.8 Å². The summed E-state index contributed by atoms with van der Waals surface area (Å²) in [5.74, 6) is 0.591. The molecule has 0 unspecified atom stereocenters. The number of carbonyl (C=O) groups is 2. The summed E-state index contributed by atoms with van der Waals surface area (Å²) in [6.07, 6.45) is 1.30. The number of hydrogen-bond acceptors (Lipinski definition) is 6. The topological polar surface area (TPSA) is 90.3 Å². The Hall–Kier alpha value is -3.13. The molecule has 2 aromatic carbocycles. The minimum absolute atomic E-state index is 0.295. The van der Waals surface area contributed by atoms with Crippen molar-refractivity contribution in [3.8, 4) is 0 Å². The molecule has 1 N–H and O–H groups in total. The molecule has 0 aliphatic rings. The van der Waals surface area contributed by atoms with Gasteiger partial charge in [0, 0.05) is 18.1 Å². The first-order valence-corrected chi connectivity index (χ1v) is 10.3. The van der Waals surface area contributed by atoms with Crippen molar-refractivity contribution in [3.05, 3.63) is 76.8 Å². The van der Waals surface area contributed by atoms with E-state index in [1.165, 1.54) is 16.5 Å². The second-order valence-electron chi connectivity index (χ2n) is 6.24. The molecule has 1 aromatic heterocycles. The standard InChI is InChI=1S/C21H21N3O4S/c25-19(22-10-11-29-14-16-6-2-1-3-7-16)13-28-20(26)12-24-15-23-18-9-5-4-8-17(18)21(24)27/h1-9,15H,10-14H2,(H,22,25). The van der Waals surface area contributed by atoms with Crippen molar-refractivity contribution in [1.82, 2.24) is 14.9 Å². The van der Waals surface area contributed by atoms with E-state index in [4.69, 9.17) is 4.74 Å². The first kappa shape index (κ1) is 20.6. The molecule has 0 bridgehead atoms. The highest BCUT2D eigenvalue weighted by Gasteiger charge is 2.11. The van der Waals surface area contributed by atoms with E-state index in [0.29, 0.717) is 17.4 Å². The predicted molar refractivity (Wildman–Crippen MR) is 113 cm³/mol. The van der Waals surface area contributed by atoms with Crippen LogP contribution in [0.2, 0.25) is 0 Å². The number of thioether (sulfide) groups is 1. The van der Waals surface area contributed by atoms with Gasteiger partial charge >= 0.3 is 5.97 Å². The number of nitrogens with zero attached hydrogens (tertiary/aromatic N) is 2. The molecule has 1 amide bonds. The number of esters is 1. The number of carbonyl (C=O) groups excluding carboxylic acids is 2. The van der Waals surface area contributed by atoms with Crippen LogP contribution in [0.4, 0.5) is 0 Å². The van der Waals surface area contributed by atoms with Crippen molar-refractivity contribution in [2.75, 3.05) is 18.9 Å². The molecule has 7 nitrogen and oxygen atoms in total. The maximum absolute atomic E-state index is 12.3. The van der Waals surface area contributed by atoms with Gasteiger partial charge in [-0.3, -0.25) is 19.0 Å². The summed E-state index contributed by atoms with van der Waals surface area (Å²) >= 11 is 1.71. The van der Waals surface area contributed by atoms with E-state index in [0.717, 1.165) is 11.5 Å². The largest absolute Gasteiger partial charge is 0.454 e. The molecular formula is C21H21N3O4S. The molecule has 3 rings (SSSR count). The van der Waals surface area contributed by atoms with Gasteiger partial charge in [0.25, 0.3) is 11.5 Å². The fourth-order valence-corrected chi connectivity index (χ4v) is 3.45. The zero-order valence-electron chi connectivity index (χ0n) is 15.7. The summed E-state index contributed by atoms with van der Waals surface area (Å²) in [5, 5.41) is 3.13. The normalized spacial score (nSPS) is 10.6. The van der Waals surface area contributed by atoms with Crippen LogP contribution in [-0.2, 0) is 26.6 Å². The predicted octanol–water partition coefficient (Wildman–Crippen LogP) is 1.99. The van der Waals surface area contributed by atoms with Crippen LogP contribution in [0.25, 0.3) is 10.9 Å². The summed E-state index contributed by atoms with van der Waals surface area (Å²) in [6.45, 7) is -0.184. The molecule has 0 atom stereocenters. The van der Waals surface area contributed by atoms with Gasteiger partial charge in [-0.1, -0.05) is 42.5 Å². The number of ether oxygens (including phenoxy) is 1. The summed E-state index contributed by atoms with van der Waals surface area (Å²) in [5.41, 5.74) is 1.47. The molecule has 150 valence electrons. The molecule has 3 aromatic rings. The highest BCUT2D eigenvalue weighted by molar-refractivity contribution is 7.98. The Morgan fingerprint density at radius 3 is 2.66 bits per heavy atom. The average Bonchev–Trinajstić information content (AvgIpc) is 2.75. The van der Waals surface area contributed by atoms with Gasteiger partial charge in [0.15, 0.2) is 6.61 Å². The quantitative estimate of drug-likeness (QED) is 0.428. The third-order valence-electron chi connectivity index (χ3n) is 4.08. The second-order valence-corrected chi connectivity index (χ2v) is 7.35. The monoisotopic (exact) mass is 411 g/mol. The van der Waals surface area contributed by atoms with Crippen LogP contribution in [0.3, 0.4) is 0 Å². The maximum atomic E-state index is 12.3. The smallest absolute Gasteiger partial charge is 0.326 e. The number of nitrogens with one attached hydrogen (secondary N) is 1. The molecule has 0 aliphatic carbocycles. The molecule has 0 aliphatic heterocycles. The Morgan fingerprint density at radius 2 is 1.83 bits per heavy atom. The van der Waals surface area contributed by atoms with Crippen molar-refractivity contribution in [2.24, 2.45) is 0 Å². The van der Waals surface area contributed by atoms with E-state index in [-0.39, 0.29) is 24.6 Å². The van der Waals surface area contributed by atoms with Crippen LogP contribution in [0.15, 0.2) is 65.7 Å². The number of amides is 1. The molecule has 0 fully saturated rings. The Labute approximate surface area is 172 Å². The van der Waals surface area contributed by atoms with Gasteiger partial charge in [-0.05, 0) is 17.7 Å². The summed E-state index contributed by atoms with van der Waals surface area (Å²) in [4.78, 5) is 40.2. The highest BCUT2D eigenvalue weighted by atomic mass is 32.2. The molecular weight excluding hydrogens is 390 g/mol. The SMILES string of the molecule is O=C(COC(=O)Cn1cnc2ccccc2c1=O)NCCSCc1ccccc1. The number of rotatable bonds is 9. The third-order valence-corrected chi connectivity index (χ3v) is 5.11. The summed E-state index contributed by atoms with van der Waals surface area (Å²) in [7, 11) is 0. The lowest BCUT2D eigenvalue weighted by atomic mass is 10.2. The van der Waals surface area contributed by atoms with Gasteiger partial charge in [-0.25, -0.2) is 4.98 Å². The van der Waals surface area contributed by atoms with Crippen molar-refractivity contribution < 1.29 is 14.3 Å². The maximum Gasteiger partial charge on any atom is 0.326 e. The first-order chi connectivity index (χ1) is 14.1. The lowest BCUT2D eigenvalue weighted by Gasteiger charge is -2.08. The molecule has 29 heavy (non-hydrogen) atoms. The van der Waals surface area contributed by atoms with E-state index in [9.17, 15) is 14.4 Å². The lowest BCUT2D eigenvalue weighted by molar-refractivity contribution is -0.149. The van der Waals surface area contributed by atoms with Crippen molar-refractivity contribution >= 4 is 34.5 Å². The minimum Gasteiger partial charge on any atom is -0.454 e. The van der Waals surface area contributed by atoms with Crippen LogP contribution in [-0.4, -0.2) is 40.3 Å². The van der Waals surface area contributed by atoms with E-state index >= 15 is 0 Å². The fourth-order valence-electron chi connectivity index (χ4n) is 2.63. The Morgan fingerprint density at radius 1 is 1.07 bits per heavy atom. The summed E-state index contributed by atoms with van der Waals surface area (Å²) < 4.78 is 6.13. The third kappa shape index (κ3) is 6.18. The van der Waals surface area contributed by atoms with Gasteiger partial charge in [0.05, 0.1) is 17.2 Å². The van der Waals surface area contributed by atoms with Gasteiger partial charge in [0.1, 0.15) is 6.54 Å². The number of benzene rings is 2. The first-order valence-electron chi connectivity index (χ1n) is 9.11. The van der Waals surface area contributed by atoms with E-state index in [2.05, 4.69) is 22.4 Å². The fraction of sp³-hybridized carbons (Fsp3) is 0.238. The van der Waals surface area contributed by atoms with Crippen LogP contribution in [0.5, 0.6) is 0 Å². The average molecular weight is 411 g/mol. The van der Waals surface area contributed by atoms with Crippen LogP contribution < -0.4 is 10.9 Å². The number of aromatic nitrogens is 2. The van der Waals surface area contributed by atoms with Crippen LogP contribution in [0, 0.1) is 0 Å². The zero-order valence-corrected chi connectivity index (χ0v) is 16.6. The number of fused-ring (bicyclic) bond motifs is 1. The van der Waals surface area contributed by atoms with Crippen LogP contribution in [0.1, 0.15) is 5.56 Å². The Bertz CT molecular complexity index is 1040. The van der Waals surface area contributed by atoms with Gasteiger partial charge in [-0.15, -0.1) is 0 Å². The zero-order chi connectivity index (χ0) is 20.5.